The first kappa shape index (κ1) is 23.3. The summed E-state index contributed by atoms with van der Waals surface area (Å²) in [4.78, 5) is 15.1. The molecular formula is C37H24N4. The number of hydrogen-bond donors (Lipinski definition) is 0. The van der Waals surface area contributed by atoms with Crippen molar-refractivity contribution in [3.63, 3.8) is 0 Å². The first-order valence-corrected chi connectivity index (χ1v) is 13.7. The van der Waals surface area contributed by atoms with Crippen LogP contribution < -0.4 is 0 Å². The van der Waals surface area contributed by atoms with E-state index in [4.69, 9.17) is 15.0 Å². The predicted octanol–water partition coefficient (Wildman–Crippen LogP) is 9.12. The molecule has 0 radical (unpaired) electrons. The van der Waals surface area contributed by atoms with Crippen molar-refractivity contribution in [2.24, 2.45) is 0 Å². The van der Waals surface area contributed by atoms with E-state index < -0.39 is 0 Å². The zero-order valence-electron chi connectivity index (χ0n) is 22.1. The van der Waals surface area contributed by atoms with Crippen molar-refractivity contribution < 1.29 is 0 Å². The molecule has 0 saturated heterocycles. The molecule has 2 heterocycles. The normalized spacial score (nSPS) is 11.4. The maximum absolute atomic E-state index is 5.10. The highest BCUT2D eigenvalue weighted by Gasteiger charge is 2.17. The topological polar surface area (TPSA) is 43.6 Å². The summed E-state index contributed by atoms with van der Waals surface area (Å²) in [6.45, 7) is 0. The highest BCUT2D eigenvalue weighted by atomic mass is 15.2. The Morgan fingerprint density at radius 2 is 0.927 bits per heavy atom. The van der Waals surface area contributed by atoms with Gasteiger partial charge in [-0.3, -0.25) is 4.57 Å². The molecule has 0 saturated carbocycles. The number of rotatable bonds is 4. The molecule has 0 aliphatic rings. The van der Waals surface area contributed by atoms with E-state index in [9.17, 15) is 0 Å². The fraction of sp³-hybridized carbons (Fsp3) is 0. The average molecular weight is 525 g/mol. The van der Waals surface area contributed by atoms with Crippen LogP contribution in [0.3, 0.4) is 0 Å². The summed E-state index contributed by atoms with van der Waals surface area (Å²) in [5, 5.41) is 4.79. The molecule has 0 atom stereocenters. The van der Waals surface area contributed by atoms with Gasteiger partial charge in [-0.1, -0.05) is 121 Å². The molecule has 0 amide bonds. The van der Waals surface area contributed by atoms with Crippen molar-refractivity contribution in [2.45, 2.75) is 0 Å². The Bertz CT molecular complexity index is 2160. The maximum atomic E-state index is 5.10. The van der Waals surface area contributed by atoms with Crippen molar-refractivity contribution in [3.8, 4) is 39.9 Å². The molecule has 2 aromatic heterocycles. The summed E-state index contributed by atoms with van der Waals surface area (Å²) in [5.41, 5.74) is 6.30. The molecule has 6 aromatic carbocycles. The van der Waals surface area contributed by atoms with E-state index in [1.54, 1.807) is 0 Å². The number of nitrogens with zero attached hydrogens (tertiary/aromatic N) is 4. The van der Waals surface area contributed by atoms with Crippen molar-refractivity contribution in [3.05, 3.63) is 146 Å². The monoisotopic (exact) mass is 524 g/mol. The lowest BCUT2D eigenvalue weighted by atomic mass is 9.99. The summed E-state index contributed by atoms with van der Waals surface area (Å²) >= 11 is 0. The Morgan fingerprint density at radius 3 is 1.68 bits per heavy atom. The summed E-state index contributed by atoms with van der Waals surface area (Å²) in [7, 11) is 0. The molecule has 4 heteroatoms. The molecule has 192 valence electrons. The molecule has 8 rings (SSSR count). The summed E-state index contributed by atoms with van der Waals surface area (Å²) < 4.78 is 2.15. The van der Waals surface area contributed by atoms with Gasteiger partial charge in [-0.05, 0) is 46.2 Å². The standard InChI is InChI=1S/C37H24N4/c1-2-12-26(13-3-1)35-38-36(30-16-10-15-28(24-30)29-22-21-25-11-4-5-14-27(25)23-29)40-37(39-35)41-33-19-8-6-17-31(33)32-18-7-9-20-34(32)41/h1-24H. The van der Waals surface area contributed by atoms with Gasteiger partial charge >= 0.3 is 0 Å². The third-order valence-electron chi connectivity index (χ3n) is 7.64. The van der Waals surface area contributed by atoms with Gasteiger partial charge in [-0.25, -0.2) is 4.98 Å². The smallest absolute Gasteiger partial charge is 0.238 e. The van der Waals surface area contributed by atoms with Crippen LogP contribution in [0.5, 0.6) is 0 Å². The molecule has 0 N–H and O–H groups in total. The van der Waals surface area contributed by atoms with Gasteiger partial charge in [0, 0.05) is 21.9 Å². The second-order valence-electron chi connectivity index (χ2n) is 10.2. The van der Waals surface area contributed by atoms with Crippen LogP contribution in [0.4, 0.5) is 0 Å². The zero-order valence-corrected chi connectivity index (χ0v) is 22.1. The van der Waals surface area contributed by atoms with Crippen LogP contribution in [0.2, 0.25) is 0 Å². The number of benzene rings is 6. The molecule has 8 aromatic rings. The van der Waals surface area contributed by atoms with E-state index in [1.165, 1.54) is 21.5 Å². The van der Waals surface area contributed by atoms with E-state index in [0.29, 0.717) is 17.6 Å². The van der Waals surface area contributed by atoms with Crippen LogP contribution in [-0.4, -0.2) is 19.5 Å². The second kappa shape index (κ2) is 9.54. The number of hydrogen-bond acceptors (Lipinski definition) is 3. The van der Waals surface area contributed by atoms with E-state index in [0.717, 1.165) is 33.3 Å². The Labute approximate surface area is 237 Å². The minimum atomic E-state index is 0.599. The second-order valence-corrected chi connectivity index (χ2v) is 10.2. The lowest BCUT2D eigenvalue weighted by molar-refractivity contribution is 0.953. The Morgan fingerprint density at radius 1 is 0.366 bits per heavy atom. The van der Waals surface area contributed by atoms with E-state index in [2.05, 4.69) is 120 Å². The summed E-state index contributed by atoms with van der Waals surface area (Å²) in [6.07, 6.45) is 0. The molecule has 0 aliphatic carbocycles. The molecule has 0 bridgehead atoms. The molecular weight excluding hydrogens is 500 g/mol. The van der Waals surface area contributed by atoms with Gasteiger partial charge in [0.15, 0.2) is 11.6 Å². The van der Waals surface area contributed by atoms with Gasteiger partial charge in [0.2, 0.25) is 5.95 Å². The third kappa shape index (κ3) is 4.05. The highest BCUT2D eigenvalue weighted by Crippen LogP contribution is 2.33. The van der Waals surface area contributed by atoms with Gasteiger partial charge in [-0.15, -0.1) is 0 Å². The molecule has 0 aliphatic heterocycles. The van der Waals surface area contributed by atoms with Crippen molar-refractivity contribution in [1.29, 1.82) is 0 Å². The maximum Gasteiger partial charge on any atom is 0.238 e. The van der Waals surface area contributed by atoms with Crippen LogP contribution in [0.25, 0.3) is 72.4 Å². The Kier molecular flexibility index (Phi) is 5.42. The Balaban J connectivity index is 1.35. The van der Waals surface area contributed by atoms with Crippen LogP contribution in [0, 0.1) is 0 Å². The zero-order chi connectivity index (χ0) is 27.2. The predicted molar refractivity (Wildman–Crippen MR) is 168 cm³/mol. The highest BCUT2D eigenvalue weighted by molar-refractivity contribution is 6.09. The molecule has 4 nitrogen and oxygen atoms in total. The van der Waals surface area contributed by atoms with Crippen LogP contribution >= 0.6 is 0 Å². The third-order valence-corrected chi connectivity index (χ3v) is 7.64. The van der Waals surface area contributed by atoms with Crippen molar-refractivity contribution in [2.75, 3.05) is 0 Å². The number of para-hydroxylation sites is 2. The van der Waals surface area contributed by atoms with Gasteiger partial charge < -0.3 is 0 Å². The molecule has 0 unspecified atom stereocenters. The van der Waals surface area contributed by atoms with Gasteiger partial charge in [0.05, 0.1) is 11.0 Å². The minimum Gasteiger partial charge on any atom is -0.278 e. The first-order valence-electron chi connectivity index (χ1n) is 13.7. The largest absolute Gasteiger partial charge is 0.278 e. The van der Waals surface area contributed by atoms with Crippen LogP contribution in [0.1, 0.15) is 0 Å². The van der Waals surface area contributed by atoms with Gasteiger partial charge in [0.25, 0.3) is 0 Å². The molecule has 0 spiro atoms. The van der Waals surface area contributed by atoms with Crippen molar-refractivity contribution >= 4 is 32.6 Å². The van der Waals surface area contributed by atoms with E-state index in [-0.39, 0.29) is 0 Å². The average Bonchev–Trinajstić information content (AvgIpc) is 3.39. The number of aromatic nitrogens is 4. The molecule has 0 fully saturated rings. The fourth-order valence-electron chi connectivity index (χ4n) is 5.65. The quantitative estimate of drug-likeness (QED) is 0.231. The van der Waals surface area contributed by atoms with Crippen molar-refractivity contribution in [1.82, 2.24) is 19.5 Å². The number of fused-ring (bicyclic) bond motifs is 4. The SMILES string of the molecule is c1ccc(-c2nc(-c3cccc(-c4ccc5ccccc5c4)c3)nc(-n3c4ccccc4c4ccccc43)n2)cc1. The van der Waals surface area contributed by atoms with Gasteiger partial charge in [-0.2, -0.15) is 9.97 Å². The van der Waals surface area contributed by atoms with Gasteiger partial charge in [0.1, 0.15) is 0 Å². The lowest BCUT2D eigenvalue weighted by Gasteiger charge is -2.11. The van der Waals surface area contributed by atoms with E-state index in [1.807, 2.05) is 30.3 Å². The van der Waals surface area contributed by atoms with E-state index >= 15 is 0 Å². The van der Waals surface area contributed by atoms with Crippen LogP contribution in [-0.2, 0) is 0 Å². The molecule has 41 heavy (non-hydrogen) atoms. The first-order chi connectivity index (χ1) is 20.3. The van der Waals surface area contributed by atoms with Crippen LogP contribution in [0.15, 0.2) is 146 Å². The minimum absolute atomic E-state index is 0.599. The Hall–Kier alpha value is -5.61. The summed E-state index contributed by atoms with van der Waals surface area (Å²) in [5.74, 6) is 1.88. The fourth-order valence-corrected chi connectivity index (χ4v) is 5.65. The lowest BCUT2D eigenvalue weighted by Crippen LogP contribution is -2.06. The summed E-state index contributed by atoms with van der Waals surface area (Å²) in [6, 6.07) is 50.4.